The molecule has 28 heavy (non-hydrogen) atoms. The molecule has 2 amide bonds. The van der Waals surface area contributed by atoms with Gasteiger partial charge in [0.15, 0.2) is 6.61 Å². The number of hydrogen-bond donors (Lipinski definition) is 1. The first-order valence-electron chi connectivity index (χ1n) is 8.72. The van der Waals surface area contributed by atoms with Crippen molar-refractivity contribution in [3.63, 3.8) is 0 Å². The summed E-state index contributed by atoms with van der Waals surface area (Å²) in [6.07, 6.45) is 0.0202. The lowest BCUT2D eigenvalue weighted by molar-refractivity contribution is -0.148. The molecule has 0 aliphatic carbocycles. The van der Waals surface area contributed by atoms with Crippen molar-refractivity contribution in [3.05, 3.63) is 59.1 Å². The van der Waals surface area contributed by atoms with E-state index in [1.807, 2.05) is 30.3 Å². The van der Waals surface area contributed by atoms with Gasteiger partial charge in [-0.05, 0) is 29.8 Å². The van der Waals surface area contributed by atoms with Gasteiger partial charge in [-0.2, -0.15) is 0 Å². The van der Waals surface area contributed by atoms with Gasteiger partial charge in [-0.15, -0.1) is 11.8 Å². The maximum Gasteiger partial charge on any atom is 0.308 e. The number of nitrogens with one attached hydrogen (secondary N) is 1. The Morgan fingerprint density at radius 3 is 2.82 bits per heavy atom. The molecular weight excluding hydrogens is 400 g/mol. The van der Waals surface area contributed by atoms with Crippen LogP contribution in [0, 0.1) is 0 Å². The minimum absolute atomic E-state index is 0.0202. The second-order valence-electron chi connectivity index (χ2n) is 6.12. The number of anilines is 1. The molecular formula is C20H19ClN2O4S. The Kier molecular flexibility index (Phi) is 6.95. The molecule has 0 aromatic heterocycles. The molecule has 1 N–H and O–H groups in total. The van der Waals surface area contributed by atoms with E-state index in [-0.39, 0.29) is 25.5 Å². The van der Waals surface area contributed by atoms with Gasteiger partial charge < -0.3 is 15.0 Å². The van der Waals surface area contributed by atoms with E-state index in [1.54, 1.807) is 23.1 Å². The third kappa shape index (κ3) is 5.50. The maximum atomic E-state index is 12.2. The van der Waals surface area contributed by atoms with Crippen LogP contribution in [0.4, 0.5) is 5.69 Å². The van der Waals surface area contributed by atoms with E-state index in [1.165, 1.54) is 11.8 Å². The van der Waals surface area contributed by atoms with Crippen molar-refractivity contribution in [1.82, 2.24) is 5.32 Å². The van der Waals surface area contributed by atoms with Crippen LogP contribution in [0.2, 0.25) is 5.02 Å². The number of hydrogen-bond acceptors (Lipinski definition) is 5. The first-order valence-corrected chi connectivity index (χ1v) is 10.1. The number of thioether (sulfide) groups is 1. The lowest BCUT2D eigenvalue weighted by Gasteiger charge is -2.28. The van der Waals surface area contributed by atoms with E-state index < -0.39 is 11.9 Å². The number of rotatable bonds is 7. The maximum absolute atomic E-state index is 12.2. The van der Waals surface area contributed by atoms with Gasteiger partial charge in [0.2, 0.25) is 5.91 Å². The van der Waals surface area contributed by atoms with Crippen LogP contribution in [0.1, 0.15) is 12.0 Å². The molecule has 0 bridgehead atoms. The van der Waals surface area contributed by atoms with Gasteiger partial charge in [-0.3, -0.25) is 14.4 Å². The Morgan fingerprint density at radius 1 is 1.18 bits per heavy atom. The molecule has 1 heterocycles. The summed E-state index contributed by atoms with van der Waals surface area (Å²) in [5, 5.41) is 3.25. The van der Waals surface area contributed by atoms with Gasteiger partial charge in [0.05, 0.1) is 17.9 Å². The zero-order chi connectivity index (χ0) is 19.9. The minimum Gasteiger partial charge on any atom is -0.456 e. The molecule has 0 saturated carbocycles. The normalized spacial score (nSPS) is 13.0. The van der Waals surface area contributed by atoms with E-state index in [0.29, 0.717) is 17.3 Å². The average molecular weight is 419 g/mol. The number of carbonyl (C=O) groups excluding carboxylic acids is 3. The number of nitrogens with zero attached hydrogens (tertiary/aromatic N) is 1. The molecule has 0 saturated heterocycles. The number of ether oxygens (including phenoxy) is 1. The van der Waals surface area contributed by atoms with Gasteiger partial charge in [0.1, 0.15) is 0 Å². The van der Waals surface area contributed by atoms with E-state index in [4.69, 9.17) is 16.3 Å². The largest absolute Gasteiger partial charge is 0.456 e. The Bertz CT molecular complexity index is 890. The van der Waals surface area contributed by atoms with Crippen LogP contribution in [0.3, 0.4) is 0 Å². The van der Waals surface area contributed by atoms with Crippen molar-refractivity contribution < 1.29 is 19.1 Å². The zero-order valence-corrected chi connectivity index (χ0v) is 16.6. The van der Waals surface area contributed by atoms with Crippen LogP contribution in [0.5, 0.6) is 0 Å². The highest BCUT2D eigenvalue weighted by Crippen LogP contribution is 2.34. The molecule has 2 aromatic carbocycles. The average Bonchev–Trinajstić information content (AvgIpc) is 2.70. The standard InChI is InChI=1S/C20H19ClN2O4S/c21-15-5-3-4-14(10-15)11-22-18(24)12-27-20(26)8-9-23-16-6-1-2-7-17(16)28-13-19(23)25/h1-7,10H,8-9,11-13H2,(H,22,24). The summed E-state index contributed by atoms with van der Waals surface area (Å²) in [6.45, 7) is 0.160. The predicted octanol–water partition coefficient (Wildman–Crippen LogP) is 3.03. The smallest absolute Gasteiger partial charge is 0.308 e. The van der Waals surface area contributed by atoms with Crippen LogP contribution in [-0.4, -0.2) is 36.7 Å². The Balaban J connectivity index is 1.42. The first kappa shape index (κ1) is 20.2. The monoisotopic (exact) mass is 418 g/mol. The molecule has 146 valence electrons. The number of amides is 2. The van der Waals surface area contributed by atoms with Crippen molar-refractivity contribution in [1.29, 1.82) is 0 Å². The highest BCUT2D eigenvalue weighted by Gasteiger charge is 2.24. The fraction of sp³-hybridized carbons (Fsp3) is 0.250. The van der Waals surface area contributed by atoms with E-state index in [0.717, 1.165) is 16.1 Å². The van der Waals surface area contributed by atoms with Gasteiger partial charge >= 0.3 is 5.97 Å². The van der Waals surface area contributed by atoms with Crippen LogP contribution < -0.4 is 10.2 Å². The van der Waals surface area contributed by atoms with Gasteiger partial charge in [0.25, 0.3) is 5.91 Å². The molecule has 1 aliphatic heterocycles. The lowest BCUT2D eigenvalue weighted by Crippen LogP contribution is -2.37. The van der Waals surface area contributed by atoms with Crippen molar-refractivity contribution >= 4 is 46.8 Å². The Labute approximate surface area is 172 Å². The summed E-state index contributed by atoms with van der Waals surface area (Å²) in [7, 11) is 0. The van der Waals surface area contributed by atoms with Crippen molar-refractivity contribution in [2.24, 2.45) is 0 Å². The number of benzene rings is 2. The Hall–Kier alpha value is -2.51. The summed E-state index contributed by atoms with van der Waals surface area (Å²) in [4.78, 5) is 38.6. The highest BCUT2D eigenvalue weighted by atomic mass is 35.5. The molecule has 0 fully saturated rings. The predicted molar refractivity (Wildman–Crippen MR) is 108 cm³/mol. The zero-order valence-electron chi connectivity index (χ0n) is 15.0. The number of para-hydroxylation sites is 1. The molecule has 6 nitrogen and oxygen atoms in total. The van der Waals surface area contributed by atoms with Gasteiger partial charge in [-0.1, -0.05) is 35.9 Å². The third-order valence-corrected chi connectivity index (χ3v) is 5.37. The summed E-state index contributed by atoms with van der Waals surface area (Å²) in [5.74, 6) is -0.626. The van der Waals surface area contributed by atoms with Crippen molar-refractivity contribution in [3.8, 4) is 0 Å². The first-order chi connectivity index (χ1) is 13.5. The quantitative estimate of drug-likeness (QED) is 0.699. The van der Waals surface area contributed by atoms with Crippen LogP contribution in [-0.2, 0) is 25.7 Å². The van der Waals surface area contributed by atoms with E-state index in [9.17, 15) is 14.4 Å². The second kappa shape index (κ2) is 9.61. The molecule has 2 aromatic rings. The highest BCUT2D eigenvalue weighted by molar-refractivity contribution is 8.00. The Morgan fingerprint density at radius 2 is 2.00 bits per heavy atom. The van der Waals surface area contributed by atoms with Gasteiger partial charge in [-0.25, -0.2) is 0 Å². The number of esters is 1. The minimum atomic E-state index is -0.526. The SMILES string of the molecule is O=C(COC(=O)CCN1C(=O)CSc2ccccc21)NCc1cccc(Cl)c1. The van der Waals surface area contributed by atoms with E-state index in [2.05, 4.69) is 5.32 Å². The van der Waals surface area contributed by atoms with E-state index >= 15 is 0 Å². The fourth-order valence-corrected chi connectivity index (χ4v) is 3.87. The van der Waals surface area contributed by atoms with Crippen molar-refractivity contribution in [2.75, 3.05) is 23.8 Å². The molecule has 8 heteroatoms. The molecule has 0 atom stereocenters. The number of carbonyl (C=O) groups is 3. The topological polar surface area (TPSA) is 75.7 Å². The summed E-state index contributed by atoms with van der Waals surface area (Å²) >= 11 is 7.38. The third-order valence-electron chi connectivity index (χ3n) is 4.09. The summed E-state index contributed by atoms with van der Waals surface area (Å²) in [6, 6.07) is 14.7. The second-order valence-corrected chi connectivity index (χ2v) is 7.57. The lowest BCUT2D eigenvalue weighted by atomic mass is 10.2. The molecule has 1 aliphatic rings. The van der Waals surface area contributed by atoms with Crippen molar-refractivity contribution in [2.45, 2.75) is 17.9 Å². The van der Waals surface area contributed by atoms with Crippen LogP contribution in [0.15, 0.2) is 53.4 Å². The number of halogens is 1. The number of fused-ring (bicyclic) bond motifs is 1. The fourth-order valence-electron chi connectivity index (χ4n) is 2.72. The summed E-state index contributed by atoms with van der Waals surface area (Å²) < 4.78 is 5.01. The van der Waals surface area contributed by atoms with Gasteiger partial charge in [0, 0.05) is 23.0 Å². The molecule has 3 rings (SSSR count). The van der Waals surface area contributed by atoms with Crippen LogP contribution >= 0.6 is 23.4 Å². The molecule has 0 unspecified atom stereocenters. The summed E-state index contributed by atoms with van der Waals surface area (Å²) in [5.41, 5.74) is 1.66. The van der Waals surface area contributed by atoms with Crippen LogP contribution in [0.25, 0.3) is 0 Å². The molecule has 0 radical (unpaired) electrons. The molecule has 0 spiro atoms.